The fourth-order valence-electron chi connectivity index (χ4n) is 1.37. The third kappa shape index (κ3) is 1.16. The number of amides is 2. The Labute approximate surface area is 74.2 Å². The second kappa shape index (κ2) is 2.58. The van der Waals surface area contributed by atoms with Gasteiger partial charge in [-0.2, -0.15) is 0 Å². The van der Waals surface area contributed by atoms with Gasteiger partial charge >= 0.3 is 0 Å². The van der Waals surface area contributed by atoms with Crippen LogP contribution in [0.2, 0.25) is 0 Å². The Morgan fingerprint density at radius 2 is 2.08 bits per heavy atom. The van der Waals surface area contributed by atoms with E-state index in [1.807, 2.05) is 0 Å². The van der Waals surface area contributed by atoms with Crippen LogP contribution in [-0.4, -0.2) is 16.9 Å². The standard InChI is InChI=1S/C9H7NO3/c11-7-3-1-2-5-6(7)4-8(12)10-9(5)13/h1-3,11H,4H2,(H,10,12,13). The first-order chi connectivity index (χ1) is 6.18. The van der Waals surface area contributed by atoms with Crippen molar-refractivity contribution in [3.05, 3.63) is 29.3 Å². The van der Waals surface area contributed by atoms with Crippen LogP contribution in [0.5, 0.6) is 5.75 Å². The van der Waals surface area contributed by atoms with E-state index in [4.69, 9.17) is 0 Å². The minimum absolute atomic E-state index is 0.000648. The second-order valence-corrected chi connectivity index (χ2v) is 2.86. The zero-order valence-electron chi connectivity index (χ0n) is 6.70. The molecule has 0 unspecified atom stereocenters. The van der Waals surface area contributed by atoms with Crippen LogP contribution >= 0.6 is 0 Å². The third-order valence-corrected chi connectivity index (χ3v) is 1.99. The lowest BCUT2D eigenvalue weighted by atomic mass is 9.99. The normalized spacial score (nSPS) is 15.1. The minimum atomic E-state index is -0.442. The number of phenols is 1. The zero-order chi connectivity index (χ0) is 9.42. The number of carbonyl (C=O) groups excluding carboxylic acids is 2. The maximum atomic E-state index is 11.2. The number of fused-ring (bicyclic) bond motifs is 1. The van der Waals surface area contributed by atoms with Gasteiger partial charge in [-0.1, -0.05) is 6.07 Å². The average Bonchev–Trinajstić information content (AvgIpc) is 2.07. The number of rotatable bonds is 0. The quantitative estimate of drug-likeness (QED) is 0.556. The number of aromatic hydroxyl groups is 1. The first kappa shape index (κ1) is 7.79. The summed E-state index contributed by atoms with van der Waals surface area (Å²) in [4.78, 5) is 22.2. The number of carbonyl (C=O) groups is 2. The highest BCUT2D eigenvalue weighted by molar-refractivity contribution is 6.10. The van der Waals surface area contributed by atoms with E-state index in [0.29, 0.717) is 11.1 Å². The zero-order valence-corrected chi connectivity index (χ0v) is 6.70. The van der Waals surface area contributed by atoms with E-state index in [0.717, 1.165) is 0 Å². The van der Waals surface area contributed by atoms with E-state index < -0.39 is 5.91 Å². The molecule has 2 amide bonds. The Balaban J connectivity index is 2.61. The lowest BCUT2D eigenvalue weighted by Gasteiger charge is -2.15. The number of hydrogen-bond acceptors (Lipinski definition) is 3. The lowest BCUT2D eigenvalue weighted by Crippen LogP contribution is -2.37. The van der Waals surface area contributed by atoms with Crippen molar-refractivity contribution in [2.24, 2.45) is 0 Å². The van der Waals surface area contributed by atoms with Crippen LogP contribution in [0.1, 0.15) is 15.9 Å². The van der Waals surface area contributed by atoms with Crippen molar-refractivity contribution in [3.8, 4) is 5.75 Å². The predicted molar refractivity (Wildman–Crippen MR) is 44.3 cm³/mol. The van der Waals surface area contributed by atoms with Crippen LogP contribution in [0, 0.1) is 0 Å². The number of hydrogen-bond donors (Lipinski definition) is 2. The first-order valence-electron chi connectivity index (χ1n) is 3.83. The largest absolute Gasteiger partial charge is 0.508 e. The predicted octanol–water partition coefficient (Wildman–Crippen LogP) is 0.205. The van der Waals surface area contributed by atoms with Gasteiger partial charge in [0.15, 0.2) is 0 Å². The van der Waals surface area contributed by atoms with E-state index in [-0.39, 0.29) is 18.1 Å². The molecule has 1 aliphatic heterocycles. The fraction of sp³-hybridized carbons (Fsp3) is 0.111. The molecule has 0 aromatic heterocycles. The van der Waals surface area contributed by atoms with Crippen LogP contribution in [0.15, 0.2) is 18.2 Å². The van der Waals surface area contributed by atoms with Crippen LogP contribution in [-0.2, 0) is 11.2 Å². The van der Waals surface area contributed by atoms with Crippen molar-refractivity contribution in [3.63, 3.8) is 0 Å². The molecule has 1 aromatic rings. The Kier molecular flexibility index (Phi) is 1.55. The summed E-state index contributed by atoms with van der Waals surface area (Å²) in [6, 6.07) is 4.62. The van der Waals surface area contributed by atoms with E-state index in [2.05, 4.69) is 5.32 Å². The SMILES string of the molecule is O=C1Cc2c(O)cccc2C(=O)N1. The molecule has 1 heterocycles. The fourth-order valence-corrected chi connectivity index (χ4v) is 1.37. The molecule has 2 N–H and O–H groups in total. The van der Waals surface area contributed by atoms with Gasteiger partial charge in [0.05, 0.1) is 6.42 Å². The summed E-state index contributed by atoms with van der Waals surface area (Å²) in [7, 11) is 0. The summed E-state index contributed by atoms with van der Waals surface area (Å²) < 4.78 is 0. The molecule has 0 atom stereocenters. The van der Waals surface area contributed by atoms with E-state index in [1.165, 1.54) is 6.07 Å². The third-order valence-electron chi connectivity index (χ3n) is 1.99. The van der Waals surface area contributed by atoms with Gasteiger partial charge < -0.3 is 5.11 Å². The lowest BCUT2D eigenvalue weighted by molar-refractivity contribution is -0.119. The molecular formula is C9H7NO3. The van der Waals surface area contributed by atoms with Crippen molar-refractivity contribution < 1.29 is 14.7 Å². The summed E-state index contributed by atoms with van der Waals surface area (Å²) in [5.74, 6) is -0.818. The van der Waals surface area contributed by atoms with Gasteiger partial charge in [0.25, 0.3) is 5.91 Å². The highest BCUT2D eigenvalue weighted by Crippen LogP contribution is 2.23. The molecule has 0 radical (unpaired) electrons. The first-order valence-corrected chi connectivity index (χ1v) is 3.83. The maximum absolute atomic E-state index is 11.2. The molecular weight excluding hydrogens is 170 g/mol. The Hall–Kier alpha value is -1.84. The highest BCUT2D eigenvalue weighted by atomic mass is 16.3. The Morgan fingerprint density at radius 3 is 2.85 bits per heavy atom. The highest BCUT2D eigenvalue weighted by Gasteiger charge is 2.23. The molecule has 0 saturated heterocycles. The van der Waals surface area contributed by atoms with Gasteiger partial charge in [0.1, 0.15) is 5.75 Å². The van der Waals surface area contributed by atoms with Crippen molar-refractivity contribution >= 4 is 11.8 Å². The summed E-state index contributed by atoms with van der Waals surface area (Å²) >= 11 is 0. The summed E-state index contributed by atoms with van der Waals surface area (Å²) in [6.45, 7) is 0. The van der Waals surface area contributed by atoms with Gasteiger partial charge in [-0.25, -0.2) is 0 Å². The molecule has 0 fully saturated rings. The van der Waals surface area contributed by atoms with E-state index >= 15 is 0 Å². The smallest absolute Gasteiger partial charge is 0.258 e. The molecule has 0 aliphatic carbocycles. The Morgan fingerprint density at radius 1 is 1.31 bits per heavy atom. The van der Waals surface area contributed by atoms with Crippen molar-refractivity contribution in [1.82, 2.24) is 5.32 Å². The van der Waals surface area contributed by atoms with Gasteiger partial charge in [0, 0.05) is 11.1 Å². The van der Waals surface area contributed by atoms with E-state index in [1.54, 1.807) is 12.1 Å². The molecule has 0 saturated carbocycles. The van der Waals surface area contributed by atoms with Gasteiger partial charge in [-0.15, -0.1) is 0 Å². The molecule has 66 valence electrons. The second-order valence-electron chi connectivity index (χ2n) is 2.86. The average molecular weight is 177 g/mol. The molecule has 0 spiro atoms. The monoisotopic (exact) mass is 177 g/mol. The van der Waals surface area contributed by atoms with Crippen molar-refractivity contribution in [1.29, 1.82) is 0 Å². The molecule has 4 nitrogen and oxygen atoms in total. The number of nitrogens with one attached hydrogen (secondary N) is 1. The molecule has 1 aliphatic rings. The van der Waals surface area contributed by atoms with Crippen LogP contribution in [0.25, 0.3) is 0 Å². The topological polar surface area (TPSA) is 66.4 Å². The van der Waals surface area contributed by atoms with Gasteiger partial charge in [-0.3, -0.25) is 14.9 Å². The number of phenolic OH excluding ortho intramolecular Hbond substituents is 1. The van der Waals surface area contributed by atoms with Gasteiger partial charge in [0.2, 0.25) is 5.91 Å². The summed E-state index contributed by atoms with van der Waals surface area (Å²) in [5, 5.41) is 11.5. The minimum Gasteiger partial charge on any atom is -0.508 e. The van der Waals surface area contributed by atoms with Crippen molar-refractivity contribution in [2.45, 2.75) is 6.42 Å². The summed E-state index contributed by atoms with van der Waals surface area (Å²) in [5.41, 5.74) is 0.788. The van der Waals surface area contributed by atoms with Crippen LogP contribution in [0.4, 0.5) is 0 Å². The molecule has 13 heavy (non-hydrogen) atoms. The maximum Gasteiger partial charge on any atom is 0.258 e. The molecule has 4 heteroatoms. The molecule has 1 aromatic carbocycles. The Bertz CT molecular complexity index is 398. The van der Waals surface area contributed by atoms with E-state index in [9.17, 15) is 14.7 Å². The van der Waals surface area contributed by atoms with Gasteiger partial charge in [-0.05, 0) is 12.1 Å². The van der Waals surface area contributed by atoms with Crippen LogP contribution in [0.3, 0.4) is 0 Å². The van der Waals surface area contributed by atoms with Crippen LogP contribution < -0.4 is 5.32 Å². The summed E-state index contributed by atoms with van der Waals surface area (Å²) in [6.07, 6.45) is 0.0632. The molecule has 0 bridgehead atoms. The molecule has 2 rings (SSSR count). The van der Waals surface area contributed by atoms with Crippen molar-refractivity contribution in [2.75, 3.05) is 0 Å². The number of benzene rings is 1. The number of imide groups is 1.